The SMILES string of the molecule is COc1cc(CN2CCN(C(=O)/C=C/c3ccc(Cl)cc3Cn3nnc(C)n3)CC2)ccn1. The van der Waals surface area contributed by atoms with E-state index in [0.717, 1.165) is 36.3 Å². The van der Waals surface area contributed by atoms with Crippen molar-refractivity contribution in [3.05, 3.63) is 70.1 Å². The first-order valence-electron chi connectivity index (χ1n) is 10.7. The summed E-state index contributed by atoms with van der Waals surface area (Å²) in [7, 11) is 1.61. The van der Waals surface area contributed by atoms with E-state index in [1.54, 1.807) is 26.3 Å². The van der Waals surface area contributed by atoms with Gasteiger partial charge < -0.3 is 9.64 Å². The molecule has 1 saturated heterocycles. The highest BCUT2D eigenvalue weighted by Gasteiger charge is 2.20. The van der Waals surface area contributed by atoms with Crippen LogP contribution in [-0.4, -0.2) is 74.2 Å². The van der Waals surface area contributed by atoms with Crippen LogP contribution in [0.1, 0.15) is 22.5 Å². The number of methoxy groups -OCH3 is 1. The van der Waals surface area contributed by atoms with Crippen LogP contribution in [0.4, 0.5) is 0 Å². The number of ether oxygens (including phenoxy) is 1. The molecule has 0 bridgehead atoms. The zero-order valence-corrected chi connectivity index (χ0v) is 19.4. The molecule has 1 aliphatic rings. The van der Waals surface area contributed by atoms with E-state index in [0.29, 0.717) is 36.4 Å². The van der Waals surface area contributed by atoms with Gasteiger partial charge in [-0.25, -0.2) is 4.98 Å². The fourth-order valence-electron chi connectivity index (χ4n) is 3.73. The molecule has 172 valence electrons. The van der Waals surface area contributed by atoms with E-state index in [9.17, 15) is 4.79 Å². The molecule has 33 heavy (non-hydrogen) atoms. The number of hydrogen-bond donors (Lipinski definition) is 0. The van der Waals surface area contributed by atoms with Gasteiger partial charge in [-0.15, -0.1) is 10.2 Å². The molecule has 1 aliphatic heterocycles. The Labute approximate surface area is 197 Å². The van der Waals surface area contributed by atoms with Crippen molar-refractivity contribution in [3.63, 3.8) is 0 Å². The van der Waals surface area contributed by atoms with Gasteiger partial charge in [0.15, 0.2) is 5.82 Å². The molecule has 1 fully saturated rings. The van der Waals surface area contributed by atoms with Crippen molar-refractivity contribution in [2.24, 2.45) is 0 Å². The van der Waals surface area contributed by atoms with Gasteiger partial charge in [0, 0.05) is 56.1 Å². The van der Waals surface area contributed by atoms with Crippen molar-refractivity contribution in [1.82, 2.24) is 35.0 Å². The third-order valence-corrected chi connectivity index (χ3v) is 5.71. The molecule has 0 saturated carbocycles. The Morgan fingerprint density at radius 1 is 1.15 bits per heavy atom. The molecule has 2 aromatic heterocycles. The third kappa shape index (κ3) is 6.15. The van der Waals surface area contributed by atoms with Crippen LogP contribution in [-0.2, 0) is 17.9 Å². The summed E-state index contributed by atoms with van der Waals surface area (Å²) in [5, 5.41) is 12.8. The van der Waals surface area contributed by atoms with E-state index < -0.39 is 0 Å². The molecule has 0 atom stereocenters. The van der Waals surface area contributed by atoms with Crippen LogP contribution >= 0.6 is 11.6 Å². The summed E-state index contributed by atoms with van der Waals surface area (Å²) in [5.74, 6) is 1.21. The first-order valence-corrected chi connectivity index (χ1v) is 11.1. The van der Waals surface area contributed by atoms with Crippen molar-refractivity contribution in [2.45, 2.75) is 20.0 Å². The van der Waals surface area contributed by atoms with E-state index in [1.807, 2.05) is 41.3 Å². The molecule has 3 aromatic rings. The molecule has 10 heteroatoms. The number of aromatic nitrogens is 5. The number of carbonyl (C=O) groups is 1. The number of benzene rings is 1. The van der Waals surface area contributed by atoms with Gasteiger partial charge in [0.05, 0.1) is 13.7 Å². The summed E-state index contributed by atoms with van der Waals surface area (Å²) >= 11 is 6.18. The van der Waals surface area contributed by atoms with Gasteiger partial charge in [0.2, 0.25) is 11.8 Å². The van der Waals surface area contributed by atoms with E-state index in [2.05, 4.69) is 25.3 Å². The van der Waals surface area contributed by atoms with E-state index in [4.69, 9.17) is 16.3 Å². The van der Waals surface area contributed by atoms with Gasteiger partial charge >= 0.3 is 0 Å². The molecule has 1 aromatic carbocycles. The molecule has 3 heterocycles. The lowest BCUT2D eigenvalue weighted by Crippen LogP contribution is -2.47. The number of nitrogens with zero attached hydrogens (tertiary/aromatic N) is 7. The lowest BCUT2D eigenvalue weighted by Gasteiger charge is -2.34. The first kappa shape index (κ1) is 22.9. The van der Waals surface area contributed by atoms with Gasteiger partial charge in [-0.3, -0.25) is 9.69 Å². The number of hydrogen-bond acceptors (Lipinski definition) is 7. The van der Waals surface area contributed by atoms with Crippen LogP contribution in [0.3, 0.4) is 0 Å². The van der Waals surface area contributed by atoms with Crippen molar-refractivity contribution in [1.29, 1.82) is 0 Å². The van der Waals surface area contributed by atoms with E-state index in [-0.39, 0.29) is 5.91 Å². The highest BCUT2D eigenvalue weighted by atomic mass is 35.5. The second-order valence-electron chi connectivity index (χ2n) is 7.85. The number of tetrazole rings is 1. The van der Waals surface area contributed by atoms with Crippen LogP contribution in [0.5, 0.6) is 5.88 Å². The summed E-state index contributed by atoms with van der Waals surface area (Å²) in [6.45, 7) is 6.01. The number of carbonyl (C=O) groups excluding carboxylic acids is 1. The molecular weight excluding hydrogens is 442 g/mol. The van der Waals surface area contributed by atoms with Gasteiger partial charge in [-0.2, -0.15) is 4.80 Å². The van der Waals surface area contributed by atoms with Gasteiger partial charge in [0.25, 0.3) is 0 Å². The maximum atomic E-state index is 12.8. The van der Waals surface area contributed by atoms with Crippen molar-refractivity contribution < 1.29 is 9.53 Å². The molecule has 0 N–H and O–H groups in total. The fourth-order valence-corrected chi connectivity index (χ4v) is 3.92. The highest BCUT2D eigenvalue weighted by Crippen LogP contribution is 2.19. The monoisotopic (exact) mass is 467 g/mol. The Balaban J connectivity index is 1.35. The minimum absolute atomic E-state index is 0.00384. The lowest BCUT2D eigenvalue weighted by atomic mass is 10.1. The maximum Gasteiger partial charge on any atom is 0.246 e. The zero-order valence-electron chi connectivity index (χ0n) is 18.7. The van der Waals surface area contributed by atoms with Crippen molar-refractivity contribution in [2.75, 3.05) is 33.3 Å². The largest absolute Gasteiger partial charge is 0.481 e. The summed E-state index contributed by atoms with van der Waals surface area (Å²) in [4.78, 5) is 22.6. The fraction of sp³-hybridized carbons (Fsp3) is 0.348. The second-order valence-corrected chi connectivity index (χ2v) is 8.29. The average Bonchev–Trinajstić information content (AvgIpc) is 3.23. The highest BCUT2D eigenvalue weighted by molar-refractivity contribution is 6.30. The molecule has 1 amide bonds. The molecule has 4 rings (SSSR count). The number of amides is 1. The van der Waals surface area contributed by atoms with Crippen LogP contribution < -0.4 is 4.74 Å². The van der Waals surface area contributed by atoms with Crippen molar-refractivity contribution >= 4 is 23.6 Å². The Kier molecular flexibility index (Phi) is 7.31. The maximum absolute atomic E-state index is 12.8. The summed E-state index contributed by atoms with van der Waals surface area (Å²) in [6.07, 6.45) is 5.20. The molecule has 0 aliphatic carbocycles. The Morgan fingerprint density at radius 2 is 1.97 bits per heavy atom. The standard InChI is InChI=1S/C23H26ClN7O2/c1-17-26-28-31(27-17)16-20-14-21(24)5-3-19(20)4-6-23(32)30-11-9-29(10-12-30)15-18-7-8-25-22(13-18)33-2/h3-8,13-14H,9-12,15-16H2,1-2H3/b6-4+. The van der Waals surface area contributed by atoms with Crippen LogP contribution in [0.2, 0.25) is 5.02 Å². The topological polar surface area (TPSA) is 89.3 Å². The van der Waals surface area contributed by atoms with Crippen molar-refractivity contribution in [3.8, 4) is 5.88 Å². The minimum atomic E-state index is -0.00384. The number of halogens is 1. The predicted molar refractivity (Wildman–Crippen MR) is 125 cm³/mol. The summed E-state index contributed by atoms with van der Waals surface area (Å²) in [5.41, 5.74) is 2.96. The summed E-state index contributed by atoms with van der Waals surface area (Å²) < 4.78 is 5.20. The number of rotatable bonds is 7. The summed E-state index contributed by atoms with van der Waals surface area (Å²) in [6, 6.07) is 9.49. The van der Waals surface area contributed by atoms with E-state index >= 15 is 0 Å². The molecule has 0 radical (unpaired) electrons. The van der Waals surface area contributed by atoms with Gasteiger partial charge in [-0.1, -0.05) is 17.7 Å². The minimum Gasteiger partial charge on any atom is -0.481 e. The van der Waals surface area contributed by atoms with Gasteiger partial charge in [-0.05, 0) is 53.1 Å². The molecular formula is C23H26ClN7O2. The smallest absolute Gasteiger partial charge is 0.246 e. The zero-order chi connectivity index (χ0) is 23.2. The predicted octanol–water partition coefficient (Wildman–Crippen LogP) is 2.44. The second kappa shape index (κ2) is 10.5. The van der Waals surface area contributed by atoms with Crippen LogP contribution in [0.15, 0.2) is 42.6 Å². The number of pyridine rings is 1. The first-order chi connectivity index (χ1) is 16.0. The lowest BCUT2D eigenvalue weighted by molar-refractivity contribution is -0.127. The molecule has 9 nitrogen and oxygen atoms in total. The Morgan fingerprint density at radius 3 is 2.70 bits per heavy atom. The molecule has 0 unspecified atom stereocenters. The number of piperazine rings is 1. The Hall–Kier alpha value is -3.30. The average molecular weight is 468 g/mol. The normalized spacial score (nSPS) is 14.7. The van der Waals surface area contributed by atoms with E-state index in [1.165, 1.54) is 4.80 Å². The third-order valence-electron chi connectivity index (χ3n) is 5.47. The van der Waals surface area contributed by atoms with Gasteiger partial charge in [0.1, 0.15) is 0 Å². The van der Waals surface area contributed by atoms with Crippen LogP contribution in [0.25, 0.3) is 6.08 Å². The Bertz CT molecular complexity index is 1140. The van der Waals surface area contributed by atoms with Crippen LogP contribution in [0, 0.1) is 6.92 Å². The quantitative estimate of drug-likeness (QED) is 0.493. The number of aryl methyl sites for hydroxylation is 1. The molecule has 0 spiro atoms.